The van der Waals surface area contributed by atoms with Gasteiger partial charge in [0.25, 0.3) is 0 Å². The molecule has 2 nitrogen and oxygen atoms in total. The molecule has 0 amide bonds. The monoisotopic (exact) mass is 208 g/mol. The lowest BCUT2D eigenvalue weighted by Gasteiger charge is -2.03. The van der Waals surface area contributed by atoms with Gasteiger partial charge in [-0.25, -0.2) is 0 Å². The van der Waals surface area contributed by atoms with Crippen LogP contribution in [-0.2, 0) is 12.8 Å². The summed E-state index contributed by atoms with van der Waals surface area (Å²) in [6.45, 7) is 2.08. The van der Waals surface area contributed by atoms with Crippen LogP contribution in [0.25, 0.3) is 0 Å². The molecule has 1 aromatic carbocycles. The Balaban J connectivity index is 0.000000980. The van der Waals surface area contributed by atoms with Gasteiger partial charge in [-0.3, -0.25) is 0 Å². The van der Waals surface area contributed by atoms with E-state index in [0.717, 1.165) is 31.5 Å². The van der Waals surface area contributed by atoms with Crippen LogP contribution in [0.2, 0.25) is 0 Å². The zero-order valence-electron chi connectivity index (χ0n) is 7.92. The molecule has 1 aliphatic rings. The summed E-state index contributed by atoms with van der Waals surface area (Å²) in [7, 11) is 0. The summed E-state index contributed by atoms with van der Waals surface area (Å²) in [5.74, 6) is 0. The second kappa shape index (κ2) is 4.99. The molecule has 0 aromatic heterocycles. The number of nitriles is 1. The van der Waals surface area contributed by atoms with E-state index in [1.54, 1.807) is 0 Å². The minimum Gasteiger partial charge on any atom is -0.316 e. The number of hydrogen-bond donors (Lipinski definition) is 1. The maximum atomic E-state index is 8.74. The summed E-state index contributed by atoms with van der Waals surface area (Å²) in [6, 6.07) is 8.18. The Labute approximate surface area is 90.3 Å². The average Bonchev–Trinajstić information content (AvgIpc) is 2.41. The van der Waals surface area contributed by atoms with Gasteiger partial charge in [-0.05, 0) is 49.2 Å². The third-order valence-corrected chi connectivity index (χ3v) is 2.48. The Morgan fingerprint density at radius 1 is 1.14 bits per heavy atom. The molecular weight excluding hydrogens is 196 g/mol. The Morgan fingerprint density at radius 3 is 2.57 bits per heavy atom. The fourth-order valence-electron chi connectivity index (χ4n) is 1.74. The number of halogens is 1. The Hall–Kier alpha value is -1.04. The number of nitrogens with one attached hydrogen (secondary N) is 1. The molecule has 1 aromatic rings. The molecule has 0 fully saturated rings. The van der Waals surface area contributed by atoms with Gasteiger partial charge in [-0.2, -0.15) is 5.26 Å². The molecule has 2 rings (SSSR count). The van der Waals surface area contributed by atoms with E-state index in [0.29, 0.717) is 0 Å². The fraction of sp³-hybridized carbons (Fsp3) is 0.364. The zero-order chi connectivity index (χ0) is 9.10. The highest BCUT2D eigenvalue weighted by molar-refractivity contribution is 5.85. The Kier molecular flexibility index (Phi) is 3.94. The lowest BCUT2D eigenvalue weighted by atomic mass is 10.0. The molecule has 3 heteroatoms. The van der Waals surface area contributed by atoms with E-state index in [1.165, 1.54) is 11.1 Å². The van der Waals surface area contributed by atoms with E-state index >= 15 is 0 Å². The molecule has 1 heterocycles. The predicted octanol–water partition coefficient (Wildman–Crippen LogP) is 1.67. The van der Waals surface area contributed by atoms with Crippen molar-refractivity contribution in [1.82, 2.24) is 5.32 Å². The normalized spacial score (nSPS) is 14.5. The maximum Gasteiger partial charge on any atom is 0.0991 e. The van der Waals surface area contributed by atoms with Gasteiger partial charge >= 0.3 is 0 Å². The smallest absolute Gasteiger partial charge is 0.0991 e. The van der Waals surface area contributed by atoms with Crippen molar-refractivity contribution in [2.45, 2.75) is 12.8 Å². The molecule has 0 spiro atoms. The molecule has 0 saturated carbocycles. The first-order valence-electron chi connectivity index (χ1n) is 4.63. The van der Waals surface area contributed by atoms with Gasteiger partial charge in [0.1, 0.15) is 0 Å². The summed E-state index contributed by atoms with van der Waals surface area (Å²) < 4.78 is 0. The molecule has 0 aliphatic carbocycles. The standard InChI is InChI=1S/C11H12N2.ClH/c12-8-9-1-2-10-3-5-13-6-4-11(10)7-9;/h1-2,7,13H,3-6H2;1H. The van der Waals surface area contributed by atoms with E-state index in [-0.39, 0.29) is 12.4 Å². The van der Waals surface area contributed by atoms with Crippen LogP contribution >= 0.6 is 12.4 Å². The van der Waals surface area contributed by atoms with Crippen molar-refractivity contribution in [1.29, 1.82) is 5.26 Å². The highest BCUT2D eigenvalue weighted by Gasteiger charge is 2.07. The van der Waals surface area contributed by atoms with Crippen LogP contribution < -0.4 is 5.32 Å². The molecule has 1 aliphatic heterocycles. The largest absolute Gasteiger partial charge is 0.316 e. The summed E-state index contributed by atoms with van der Waals surface area (Å²) in [5, 5.41) is 12.1. The van der Waals surface area contributed by atoms with Crippen LogP contribution in [0, 0.1) is 11.3 Å². The molecule has 14 heavy (non-hydrogen) atoms. The average molecular weight is 209 g/mol. The summed E-state index contributed by atoms with van der Waals surface area (Å²) >= 11 is 0. The molecule has 0 saturated heterocycles. The first-order valence-corrected chi connectivity index (χ1v) is 4.63. The number of benzene rings is 1. The van der Waals surface area contributed by atoms with Gasteiger partial charge in [0.2, 0.25) is 0 Å². The Morgan fingerprint density at radius 2 is 1.86 bits per heavy atom. The van der Waals surface area contributed by atoms with Crippen LogP contribution in [0.4, 0.5) is 0 Å². The fourth-order valence-corrected chi connectivity index (χ4v) is 1.74. The van der Waals surface area contributed by atoms with Crippen LogP contribution in [0.15, 0.2) is 18.2 Å². The summed E-state index contributed by atoms with van der Waals surface area (Å²) in [5.41, 5.74) is 3.51. The topological polar surface area (TPSA) is 35.8 Å². The van der Waals surface area contributed by atoms with Crippen molar-refractivity contribution in [3.8, 4) is 6.07 Å². The number of fused-ring (bicyclic) bond motifs is 1. The van der Waals surface area contributed by atoms with Crippen molar-refractivity contribution in [3.63, 3.8) is 0 Å². The first-order chi connectivity index (χ1) is 6.40. The van der Waals surface area contributed by atoms with Crippen LogP contribution in [0.1, 0.15) is 16.7 Å². The van der Waals surface area contributed by atoms with Crippen molar-refractivity contribution in [3.05, 3.63) is 34.9 Å². The highest BCUT2D eigenvalue weighted by Crippen LogP contribution is 2.14. The van der Waals surface area contributed by atoms with E-state index in [9.17, 15) is 0 Å². The Bertz CT molecular complexity index is 355. The number of nitrogens with zero attached hydrogens (tertiary/aromatic N) is 1. The van der Waals surface area contributed by atoms with Gasteiger partial charge in [0.15, 0.2) is 0 Å². The lowest BCUT2D eigenvalue weighted by molar-refractivity contribution is 0.711. The third kappa shape index (κ3) is 2.25. The van der Waals surface area contributed by atoms with Crippen LogP contribution in [-0.4, -0.2) is 13.1 Å². The van der Waals surface area contributed by atoms with Crippen molar-refractivity contribution in [2.75, 3.05) is 13.1 Å². The van der Waals surface area contributed by atoms with Gasteiger partial charge in [0, 0.05) is 0 Å². The quantitative estimate of drug-likeness (QED) is 0.704. The SMILES string of the molecule is Cl.N#Cc1ccc2c(c1)CCNCC2. The van der Waals surface area contributed by atoms with Crippen LogP contribution in [0.3, 0.4) is 0 Å². The van der Waals surface area contributed by atoms with Gasteiger partial charge < -0.3 is 5.32 Å². The number of hydrogen-bond acceptors (Lipinski definition) is 2. The minimum atomic E-state index is 0. The second-order valence-corrected chi connectivity index (χ2v) is 3.35. The molecule has 0 unspecified atom stereocenters. The third-order valence-electron chi connectivity index (χ3n) is 2.48. The van der Waals surface area contributed by atoms with Gasteiger partial charge in [0.05, 0.1) is 11.6 Å². The van der Waals surface area contributed by atoms with E-state index in [4.69, 9.17) is 5.26 Å². The summed E-state index contributed by atoms with van der Waals surface area (Å²) in [4.78, 5) is 0. The molecular formula is C11H13ClN2. The zero-order valence-corrected chi connectivity index (χ0v) is 8.73. The minimum absolute atomic E-state index is 0. The molecule has 74 valence electrons. The van der Waals surface area contributed by atoms with Gasteiger partial charge in [-0.1, -0.05) is 6.07 Å². The first kappa shape index (κ1) is 11.0. The maximum absolute atomic E-state index is 8.74. The van der Waals surface area contributed by atoms with Crippen LogP contribution in [0.5, 0.6) is 0 Å². The van der Waals surface area contributed by atoms with Gasteiger partial charge in [-0.15, -0.1) is 12.4 Å². The van der Waals surface area contributed by atoms with E-state index < -0.39 is 0 Å². The molecule has 1 N–H and O–H groups in total. The second-order valence-electron chi connectivity index (χ2n) is 3.35. The molecule has 0 atom stereocenters. The van der Waals surface area contributed by atoms with Crippen molar-refractivity contribution < 1.29 is 0 Å². The predicted molar refractivity (Wildman–Crippen MR) is 58.7 cm³/mol. The highest BCUT2D eigenvalue weighted by atomic mass is 35.5. The van der Waals surface area contributed by atoms with E-state index in [2.05, 4.69) is 17.5 Å². The van der Waals surface area contributed by atoms with Crippen molar-refractivity contribution >= 4 is 12.4 Å². The van der Waals surface area contributed by atoms with E-state index in [1.807, 2.05) is 12.1 Å². The molecule has 0 radical (unpaired) electrons. The van der Waals surface area contributed by atoms with Crippen molar-refractivity contribution in [2.24, 2.45) is 0 Å². The lowest BCUT2D eigenvalue weighted by Crippen LogP contribution is -2.16. The number of rotatable bonds is 0. The molecule has 0 bridgehead atoms. The summed E-state index contributed by atoms with van der Waals surface area (Å²) in [6.07, 6.45) is 2.13.